The van der Waals surface area contributed by atoms with Gasteiger partial charge in [-0.3, -0.25) is 4.79 Å². The second kappa shape index (κ2) is 9.01. The molecule has 2 heterocycles. The average molecular weight is 403 g/mol. The van der Waals surface area contributed by atoms with Gasteiger partial charge < -0.3 is 5.32 Å². The van der Waals surface area contributed by atoms with Crippen LogP contribution < -0.4 is 11.0 Å². The van der Waals surface area contributed by atoms with Crippen LogP contribution >= 0.6 is 23.4 Å². The molecule has 0 bridgehead atoms. The number of rotatable bonds is 7. The van der Waals surface area contributed by atoms with Crippen LogP contribution in [0, 0.1) is 0 Å². The summed E-state index contributed by atoms with van der Waals surface area (Å²) in [6.45, 7) is 2.16. The summed E-state index contributed by atoms with van der Waals surface area (Å²) in [5.74, 6) is -0.0675. The molecule has 0 unspecified atom stereocenters. The molecule has 1 aromatic carbocycles. The van der Waals surface area contributed by atoms with E-state index in [1.165, 1.54) is 16.2 Å². The number of pyridine rings is 1. The summed E-state index contributed by atoms with van der Waals surface area (Å²) in [5.41, 5.74) is 1.96. The second-order valence-corrected chi connectivity index (χ2v) is 7.38. The quantitative estimate of drug-likeness (QED) is 0.608. The van der Waals surface area contributed by atoms with Crippen molar-refractivity contribution >= 4 is 40.6 Å². The molecule has 0 saturated carbocycles. The number of thioether (sulfide) groups is 1. The SMILES string of the molecule is CCCCc1ccc(NC(=O)CSc2nc(=O)n3cc(Cl)ccc3n2)cc1. The van der Waals surface area contributed by atoms with Gasteiger partial charge in [0, 0.05) is 11.9 Å². The number of amides is 1. The van der Waals surface area contributed by atoms with E-state index in [2.05, 4.69) is 22.2 Å². The number of carbonyl (C=O) groups is 1. The maximum absolute atomic E-state index is 12.1. The van der Waals surface area contributed by atoms with Crippen LogP contribution in [0.1, 0.15) is 25.3 Å². The maximum atomic E-state index is 12.1. The molecule has 0 aliphatic rings. The molecule has 27 heavy (non-hydrogen) atoms. The summed E-state index contributed by atoms with van der Waals surface area (Å²) in [6.07, 6.45) is 4.81. The smallest absolute Gasteiger partial charge is 0.325 e. The summed E-state index contributed by atoms with van der Waals surface area (Å²) >= 11 is 6.99. The number of nitrogens with one attached hydrogen (secondary N) is 1. The van der Waals surface area contributed by atoms with E-state index >= 15 is 0 Å². The molecular formula is C19H19ClN4O2S. The highest BCUT2D eigenvalue weighted by atomic mass is 35.5. The molecule has 0 fully saturated rings. The van der Waals surface area contributed by atoms with Crippen LogP contribution in [0.4, 0.5) is 5.69 Å². The van der Waals surface area contributed by atoms with E-state index in [1.807, 2.05) is 24.3 Å². The predicted octanol–water partition coefficient (Wildman–Crippen LogP) is 3.82. The van der Waals surface area contributed by atoms with E-state index in [0.29, 0.717) is 10.7 Å². The molecule has 3 aromatic rings. The summed E-state index contributed by atoms with van der Waals surface area (Å²) < 4.78 is 1.27. The third-order valence-electron chi connectivity index (χ3n) is 3.89. The number of nitrogens with zero attached hydrogens (tertiary/aromatic N) is 3. The van der Waals surface area contributed by atoms with Gasteiger partial charge in [-0.2, -0.15) is 4.98 Å². The first-order valence-corrected chi connectivity index (χ1v) is 9.99. The number of hydrogen-bond acceptors (Lipinski definition) is 5. The van der Waals surface area contributed by atoms with Crippen molar-refractivity contribution in [3.63, 3.8) is 0 Å². The lowest BCUT2D eigenvalue weighted by Crippen LogP contribution is -2.20. The van der Waals surface area contributed by atoms with Crippen molar-refractivity contribution in [2.75, 3.05) is 11.1 Å². The van der Waals surface area contributed by atoms with Crippen LogP contribution in [0.3, 0.4) is 0 Å². The Labute approximate surface area is 166 Å². The van der Waals surface area contributed by atoms with Crippen LogP contribution in [0.5, 0.6) is 0 Å². The van der Waals surface area contributed by atoms with E-state index in [9.17, 15) is 9.59 Å². The third kappa shape index (κ3) is 5.30. The monoisotopic (exact) mass is 402 g/mol. The summed E-state index contributed by atoms with van der Waals surface area (Å²) in [6, 6.07) is 11.1. The van der Waals surface area contributed by atoms with Gasteiger partial charge in [0.05, 0.1) is 10.8 Å². The van der Waals surface area contributed by atoms with Crippen molar-refractivity contribution < 1.29 is 4.79 Å². The topological polar surface area (TPSA) is 76.4 Å². The maximum Gasteiger partial charge on any atom is 0.355 e. The predicted molar refractivity (Wildman–Crippen MR) is 109 cm³/mol. The fourth-order valence-electron chi connectivity index (χ4n) is 2.50. The lowest BCUT2D eigenvalue weighted by atomic mass is 10.1. The Morgan fingerprint density at radius 3 is 2.70 bits per heavy atom. The number of halogens is 1. The molecule has 0 radical (unpaired) electrons. The molecule has 0 atom stereocenters. The molecule has 0 aliphatic carbocycles. The number of anilines is 1. The van der Waals surface area contributed by atoms with Crippen molar-refractivity contribution in [3.05, 3.63) is 63.7 Å². The first kappa shape index (κ1) is 19.4. The molecule has 6 nitrogen and oxygen atoms in total. The zero-order valence-electron chi connectivity index (χ0n) is 14.8. The molecule has 1 amide bonds. The van der Waals surface area contributed by atoms with Crippen molar-refractivity contribution in [2.24, 2.45) is 0 Å². The van der Waals surface area contributed by atoms with Gasteiger partial charge in [-0.1, -0.05) is 48.8 Å². The molecule has 8 heteroatoms. The molecule has 0 spiro atoms. The number of benzene rings is 1. The highest BCUT2D eigenvalue weighted by Crippen LogP contribution is 2.16. The number of aromatic nitrogens is 3. The second-order valence-electron chi connectivity index (χ2n) is 6.00. The molecule has 0 aliphatic heterocycles. The van der Waals surface area contributed by atoms with E-state index < -0.39 is 5.69 Å². The average Bonchev–Trinajstić information content (AvgIpc) is 2.66. The molecule has 3 rings (SSSR count). The minimum atomic E-state index is -0.479. The Bertz CT molecular complexity index is 1000. The van der Waals surface area contributed by atoms with Crippen molar-refractivity contribution in [3.8, 4) is 0 Å². The Morgan fingerprint density at radius 2 is 1.96 bits per heavy atom. The fourth-order valence-corrected chi connectivity index (χ4v) is 3.29. The van der Waals surface area contributed by atoms with E-state index in [1.54, 1.807) is 12.1 Å². The van der Waals surface area contributed by atoms with Gasteiger partial charge >= 0.3 is 5.69 Å². The van der Waals surface area contributed by atoms with Crippen LogP contribution in [0.2, 0.25) is 5.02 Å². The number of unbranched alkanes of at least 4 members (excludes halogenated alkanes) is 1. The zero-order valence-corrected chi connectivity index (χ0v) is 16.4. The van der Waals surface area contributed by atoms with Crippen molar-refractivity contribution in [2.45, 2.75) is 31.3 Å². The van der Waals surface area contributed by atoms with Crippen molar-refractivity contribution in [1.29, 1.82) is 0 Å². The van der Waals surface area contributed by atoms with Crippen LogP contribution in [-0.2, 0) is 11.2 Å². The Kier molecular flexibility index (Phi) is 6.47. The molecule has 1 N–H and O–H groups in total. The minimum Gasteiger partial charge on any atom is -0.325 e. The zero-order chi connectivity index (χ0) is 19.2. The lowest BCUT2D eigenvalue weighted by Gasteiger charge is -2.07. The van der Waals surface area contributed by atoms with Gasteiger partial charge in [-0.05, 0) is 42.7 Å². The van der Waals surface area contributed by atoms with Gasteiger partial charge in [-0.25, -0.2) is 14.2 Å². The standard InChI is InChI=1S/C19H19ClN4O2S/c1-2-3-4-13-5-8-15(9-6-13)21-17(25)12-27-18-22-16-10-7-14(20)11-24(16)19(26)23-18/h5-11H,2-4,12H2,1H3,(H,21,25). The number of aryl methyl sites for hydroxylation is 1. The fraction of sp³-hybridized carbons (Fsp3) is 0.263. The van der Waals surface area contributed by atoms with Gasteiger partial charge in [0.15, 0.2) is 5.16 Å². The summed E-state index contributed by atoms with van der Waals surface area (Å²) in [5, 5.41) is 3.52. The van der Waals surface area contributed by atoms with Crippen LogP contribution in [0.15, 0.2) is 52.5 Å². The Hall–Kier alpha value is -2.38. The van der Waals surface area contributed by atoms with Crippen molar-refractivity contribution in [1.82, 2.24) is 14.4 Å². The van der Waals surface area contributed by atoms with Gasteiger partial charge in [0.25, 0.3) is 0 Å². The first-order chi connectivity index (χ1) is 13.0. The van der Waals surface area contributed by atoms with E-state index in [4.69, 9.17) is 11.6 Å². The third-order valence-corrected chi connectivity index (χ3v) is 4.96. The summed E-state index contributed by atoms with van der Waals surface area (Å²) in [7, 11) is 0. The Balaban J connectivity index is 1.59. The highest BCUT2D eigenvalue weighted by molar-refractivity contribution is 7.99. The normalized spacial score (nSPS) is 10.9. The first-order valence-electron chi connectivity index (χ1n) is 8.62. The van der Waals surface area contributed by atoms with Gasteiger partial charge in [0.1, 0.15) is 5.65 Å². The number of fused-ring (bicyclic) bond motifs is 1. The summed E-state index contributed by atoms with van der Waals surface area (Å²) in [4.78, 5) is 32.3. The lowest BCUT2D eigenvalue weighted by molar-refractivity contribution is -0.113. The largest absolute Gasteiger partial charge is 0.355 e. The molecule has 0 saturated heterocycles. The van der Waals surface area contributed by atoms with E-state index in [-0.39, 0.29) is 16.8 Å². The van der Waals surface area contributed by atoms with E-state index in [0.717, 1.165) is 36.7 Å². The molecule has 2 aromatic heterocycles. The molecule has 140 valence electrons. The highest BCUT2D eigenvalue weighted by Gasteiger charge is 2.09. The van der Waals surface area contributed by atoms with Crippen LogP contribution in [-0.4, -0.2) is 26.0 Å². The Morgan fingerprint density at radius 1 is 1.19 bits per heavy atom. The molecular weight excluding hydrogens is 384 g/mol. The number of hydrogen-bond donors (Lipinski definition) is 1. The number of carbonyl (C=O) groups excluding carboxylic acids is 1. The van der Waals surface area contributed by atoms with Gasteiger partial charge in [-0.15, -0.1) is 0 Å². The van der Waals surface area contributed by atoms with Gasteiger partial charge in [0.2, 0.25) is 5.91 Å². The minimum absolute atomic E-state index is 0.112. The van der Waals surface area contributed by atoms with Crippen LogP contribution in [0.25, 0.3) is 5.65 Å².